The Morgan fingerprint density at radius 2 is 1.82 bits per heavy atom. The minimum Gasteiger partial charge on any atom is -0.302 e. The molecule has 0 fully saturated rings. The number of benzene rings is 1. The van der Waals surface area contributed by atoms with Crippen molar-refractivity contribution in [3.63, 3.8) is 0 Å². The molecule has 0 saturated carbocycles. The number of urea groups is 1. The zero-order valence-electron chi connectivity index (χ0n) is 8.60. The number of anilines is 1. The SMILES string of the molecule is O=C(CCCl)NC(=O)Nc1c(F)cccc1F. The summed E-state index contributed by atoms with van der Waals surface area (Å²) < 4.78 is 26.2. The summed E-state index contributed by atoms with van der Waals surface area (Å²) in [4.78, 5) is 22.2. The van der Waals surface area contributed by atoms with E-state index in [0.29, 0.717) is 0 Å². The smallest absolute Gasteiger partial charge is 0.302 e. The Hall–Kier alpha value is -1.69. The number of rotatable bonds is 3. The summed E-state index contributed by atoms with van der Waals surface area (Å²) in [5.74, 6) is -2.43. The second-order valence-electron chi connectivity index (χ2n) is 3.04. The molecular formula is C10H9ClF2N2O2. The first-order chi connectivity index (χ1) is 8.04. The normalized spacial score (nSPS) is 9.82. The molecule has 0 atom stereocenters. The second kappa shape index (κ2) is 6.15. The largest absolute Gasteiger partial charge is 0.326 e. The fourth-order valence-electron chi connectivity index (χ4n) is 1.04. The lowest BCUT2D eigenvalue weighted by Gasteiger charge is -2.07. The van der Waals surface area contributed by atoms with Crippen LogP contribution in [0.4, 0.5) is 19.3 Å². The van der Waals surface area contributed by atoms with E-state index in [1.165, 1.54) is 0 Å². The van der Waals surface area contributed by atoms with Crippen molar-refractivity contribution in [1.82, 2.24) is 5.32 Å². The summed E-state index contributed by atoms with van der Waals surface area (Å²) in [6.45, 7) is 0. The minimum atomic E-state index is -1.01. The highest BCUT2D eigenvalue weighted by Crippen LogP contribution is 2.17. The predicted molar refractivity (Wildman–Crippen MR) is 58.9 cm³/mol. The third-order valence-corrected chi connectivity index (χ3v) is 1.96. The quantitative estimate of drug-likeness (QED) is 0.821. The van der Waals surface area contributed by atoms with E-state index in [-0.39, 0.29) is 12.3 Å². The fourth-order valence-corrected chi connectivity index (χ4v) is 1.21. The Balaban J connectivity index is 2.65. The maximum atomic E-state index is 13.1. The topological polar surface area (TPSA) is 58.2 Å². The van der Waals surface area contributed by atoms with Crippen LogP contribution in [-0.4, -0.2) is 17.8 Å². The Morgan fingerprint density at radius 1 is 1.24 bits per heavy atom. The molecule has 0 aliphatic heterocycles. The van der Waals surface area contributed by atoms with Crippen molar-refractivity contribution in [3.8, 4) is 0 Å². The fraction of sp³-hybridized carbons (Fsp3) is 0.200. The molecule has 7 heteroatoms. The van der Waals surface area contributed by atoms with Crippen molar-refractivity contribution >= 4 is 29.2 Å². The van der Waals surface area contributed by atoms with Gasteiger partial charge in [-0.25, -0.2) is 13.6 Å². The Morgan fingerprint density at radius 3 is 2.35 bits per heavy atom. The number of hydrogen-bond donors (Lipinski definition) is 2. The van der Waals surface area contributed by atoms with Crippen molar-refractivity contribution in [2.75, 3.05) is 11.2 Å². The van der Waals surface area contributed by atoms with Crippen LogP contribution in [0.5, 0.6) is 0 Å². The first kappa shape index (κ1) is 13.4. The van der Waals surface area contributed by atoms with E-state index in [1.807, 2.05) is 10.6 Å². The molecular weight excluding hydrogens is 254 g/mol. The van der Waals surface area contributed by atoms with Crippen LogP contribution in [-0.2, 0) is 4.79 Å². The highest BCUT2D eigenvalue weighted by molar-refractivity contribution is 6.19. The van der Waals surface area contributed by atoms with Crippen LogP contribution < -0.4 is 10.6 Å². The molecule has 0 aliphatic rings. The first-order valence-corrected chi connectivity index (χ1v) is 5.19. The molecule has 0 bridgehead atoms. The van der Waals surface area contributed by atoms with Gasteiger partial charge in [0.25, 0.3) is 0 Å². The molecule has 0 radical (unpaired) electrons. The van der Waals surface area contributed by atoms with Gasteiger partial charge in [0.1, 0.15) is 17.3 Å². The van der Waals surface area contributed by atoms with Gasteiger partial charge >= 0.3 is 6.03 Å². The highest BCUT2D eigenvalue weighted by atomic mass is 35.5. The molecule has 1 aromatic carbocycles. The molecule has 3 amide bonds. The van der Waals surface area contributed by atoms with E-state index in [2.05, 4.69) is 0 Å². The van der Waals surface area contributed by atoms with Gasteiger partial charge in [0, 0.05) is 12.3 Å². The lowest BCUT2D eigenvalue weighted by atomic mass is 10.3. The maximum Gasteiger partial charge on any atom is 0.326 e. The van der Waals surface area contributed by atoms with Crippen LogP contribution in [0.1, 0.15) is 6.42 Å². The number of imide groups is 1. The Kier molecular flexibility index (Phi) is 4.84. The second-order valence-corrected chi connectivity index (χ2v) is 3.42. The number of amides is 3. The van der Waals surface area contributed by atoms with Crippen LogP contribution in [0.2, 0.25) is 0 Å². The average Bonchev–Trinajstić information content (AvgIpc) is 2.24. The van der Waals surface area contributed by atoms with Crippen molar-refractivity contribution in [3.05, 3.63) is 29.8 Å². The van der Waals surface area contributed by atoms with Gasteiger partial charge in [-0.3, -0.25) is 10.1 Å². The van der Waals surface area contributed by atoms with Gasteiger partial charge in [0.2, 0.25) is 5.91 Å². The number of para-hydroxylation sites is 1. The standard InChI is InChI=1S/C10H9ClF2N2O2/c11-5-4-8(16)14-10(17)15-9-6(12)2-1-3-7(9)13/h1-3H,4-5H2,(H2,14,15,16,17). The van der Waals surface area contributed by atoms with E-state index < -0.39 is 29.3 Å². The molecule has 2 N–H and O–H groups in total. The van der Waals surface area contributed by atoms with Crippen LogP contribution in [0, 0.1) is 11.6 Å². The number of nitrogens with one attached hydrogen (secondary N) is 2. The van der Waals surface area contributed by atoms with Crippen LogP contribution in [0.25, 0.3) is 0 Å². The number of halogens is 3. The number of hydrogen-bond acceptors (Lipinski definition) is 2. The molecule has 17 heavy (non-hydrogen) atoms. The molecule has 0 aliphatic carbocycles. The summed E-state index contributed by atoms with van der Waals surface area (Å²) >= 11 is 5.28. The molecule has 0 spiro atoms. The van der Waals surface area contributed by atoms with Crippen LogP contribution in [0.15, 0.2) is 18.2 Å². The summed E-state index contributed by atoms with van der Waals surface area (Å²) in [6, 6.07) is 2.12. The zero-order valence-corrected chi connectivity index (χ0v) is 9.35. The van der Waals surface area contributed by atoms with Gasteiger partial charge in [0.05, 0.1) is 0 Å². The monoisotopic (exact) mass is 262 g/mol. The molecule has 1 rings (SSSR count). The number of alkyl halides is 1. The van der Waals surface area contributed by atoms with Gasteiger partial charge in [-0.2, -0.15) is 0 Å². The minimum absolute atomic E-state index is 0.0488. The molecule has 0 heterocycles. The summed E-state index contributed by atoms with van der Waals surface area (Å²) in [7, 11) is 0. The molecule has 92 valence electrons. The van der Waals surface area contributed by atoms with Crippen molar-refractivity contribution in [1.29, 1.82) is 0 Å². The number of carbonyl (C=O) groups is 2. The predicted octanol–water partition coefficient (Wildman–Crippen LogP) is 2.24. The zero-order chi connectivity index (χ0) is 12.8. The van der Waals surface area contributed by atoms with Gasteiger partial charge < -0.3 is 5.32 Å². The highest BCUT2D eigenvalue weighted by Gasteiger charge is 2.13. The van der Waals surface area contributed by atoms with Crippen LogP contribution in [0.3, 0.4) is 0 Å². The third kappa shape index (κ3) is 3.99. The summed E-state index contributed by atoms with van der Waals surface area (Å²) in [5.41, 5.74) is -0.608. The number of carbonyl (C=O) groups excluding carboxylic acids is 2. The summed E-state index contributed by atoms with van der Waals surface area (Å²) in [6.07, 6.45) is -0.0608. The average molecular weight is 263 g/mol. The van der Waals surface area contributed by atoms with E-state index in [9.17, 15) is 18.4 Å². The van der Waals surface area contributed by atoms with Gasteiger partial charge in [-0.1, -0.05) is 6.07 Å². The van der Waals surface area contributed by atoms with E-state index in [0.717, 1.165) is 18.2 Å². The Labute approximate surface area is 101 Å². The molecule has 4 nitrogen and oxygen atoms in total. The van der Waals surface area contributed by atoms with Crippen LogP contribution >= 0.6 is 11.6 Å². The molecule has 0 aromatic heterocycles. The van der Waals surface area contributed by atoms with Crippen molar-refractivity contribution < 1.29 is 18.4 Å². The van der Waals surface area contributed by atoms with Crippen molar-refractivity contribution in [2.24, 2.45) is 0 Å². The lowest BCUT2D eigenvalue weighted by molar-refractivity contribution is -0.119. The third-order valence-electron chi connectivity index (χ3n) is 1.78. The Bertz CT molecular complexity index is 420. The van der Waals surface area contributed by atoms with E-state index in [1.54, 1.807) is 0 Å². The maximum absolute atomic E-state index is 13.1. The van der Waals surface area contributed by atoms with Crippen molar-refractivity contribution in [2.45, 2.75) is 6.42 Å². The van der Waals surface area contributed by atoms with Gasteiger partial charge in [0.15, 0.2) is 0 Å². The molecule has 0 saturated heterocycles. The molecule has 1 aromatic rings. The van der Waals surface area contributed by atoms with E-state index in [4.69, 9.17) is 11.6 Å². The first-order valence-electron chi connectivity index (χ1n) is 4.65. The van der Waals surface area contributed by atoms with E-state index >= 15 is 0 Å². The van der Waals surface area contributed by atoms with Gasteiger partial charge in [-0.15, -0.1) is 11.6 Å². The molecule has 0 unspecified atom stereocenters. The summed E-state index contributed by atoms with van der Waals surface area (Å²) in [5, 5.41) is 3.78. The van der Waals surface area contributed by atoms with Gasteiger partial charge in [-0.05, 0) is 12.1 Å². The lowest BCUT2D eigenvalue weighted by Crippen LogP contribution is -2.34.